The van der Waals surface area contributed by atoms with Crippen LogP contribution in [0.3, 0.4) is 0 Å². The van der Waals surface area contributed by atoms with Gasteiger partial charge in [0.1, 0.15) is 11.1 Å². The standard InChI is InChI=1S/C21H40N2O2S2/c1-3-5-6-15-18-22-19-16-13-11-9-7-8-10-12-14-17-20-23-26-27-25-21(24)4-2/h3-4,22-23H,1-2,5-20H2. The Morgan fingerprint density at radius 1 is 0.778 bits per heavy atom. The number of unbranched alkanes of at least 4 members (excludes halogenated alkanes) is 11. The van der Waals surface area contributed by atoms with Crippen LogP contribution in [0.5, 0.6) is 0 Å². The van der Waals surface area contributed by atoms with Crippen molar-refractivity contribution < 1.29 is 8.98 Å². The third kappa shape index (κ3) is 23.5. The van der Waals surface area contributed by atoms with Crippen LogP contribution in [-0.4, -0.2) is 25.6 Å². The highest BCUT2D eigenvalue weighted by Crippen LogP contribution is 2.18. The summed E-state index contributed by atoms with van der Waals surface area (Å²) in [5.41, 5.74) is 0. The summed E-state index contributed by atoms with van der Waals surface area (Å²) >= 11 is 1.05. The zero-order valence-electron chi connectivity index (χ0n) is 17.0. The van der Waals surface area contributed by atoms with Crippen molar-refractivity contribution in [3.8, 4) is 0 Å². The van der Waals surface area contributed by atoms with Gasteiger partial charge in [0.25, 0.3) is 0 Å². The summed E-state index contributed by atoms with van der Waals surface area (Å²) in [6, 6.07) is 0. The van der Waals surface area contributed by atoms with E-state index in [1.807, 2.05) is 6.08 Å². The van der Waals surface area contributed by atoms with Gasteiger partial charge in [0, 0.05) is 23.6 Å². The normalized spacial score (nSPS) is 10.7. The molecule has 0 amide bonds. The molecule has 0 aliphatic rings. The SMILES string of the molecule is C=CCCCCNCCCCCCCCCCCCNSSOC(=O)C=C. The molecule has 0 saturated carbocycles. The number of carbonyl (C=O) groups is 1. The number of hydrogen-bond acceptors (Lipinski definition) is 6. The molecule has 0 aromatic carbocycles. The number of hydrogen-bond donors (Lipinski definition) is 2. The first-order chi connectivity index (χ1) is 13.3. The van der Waals surface area contributed by atoms with Crippen LogP contribution < -0.4 is 10.0 Å². The van der Waals surface area contributed by atoms with Gasteiger partial charge in [-0.2, -0.15) is 0 Å². The second-order valence-electron chi connectivity index (χ2n) is 6.72. The molecule has 158 valence electrons. The fourth-order valence-corrected chi connectivity index (χ4v) is 3.82. The second-order valence-corrected chi connectivity index (χ2v) is 8.39. The molecule has 4 nitrogen and oxygen atoms in total. The highest BCUT2D eigenvalue weighted by Gasteiger charge is 1.97. The van der Waals surface area contributed by atoms with E-state index in [-0.39, 0.29) is 0 Å². The Hall–Kier alpha value is -0.430. The van der Waals surface area contributed by atoms with Gasteiger partial charge in [0.15, 0.2) is 0 Å². The van der Waals surface area contributed by atoms with E-state index >= 15 is 0 Å². The van der Waals surface area contributed by atoms with Crippen molar-refractivity contribution in [2.45, 2.75) is 83.5 Å². The molecular weight excluding hydrogens is 376 g/mol. The predicted molar refractivity (Wildman–Crippen MR) is 123 cm³/mol. The minimum absolute atomic E-state index is 0.402. The quantitative estimate of drug-likeness (QED) is 0.0534. The molecule has 0 aromatic rings. The van der Waals surface area contributed by atoms with E-state index in [1.54, 1.807) is 0 Å². The molecule has 0 fully saturated rings. The first-order valence-corrected chi connectivity index (χ1v) is 12.6. The van der Waals surface area contributed by atoms with E-state index in [9.17, 15) is 4.79 Å². The van der Waals surface area contributed by atoms with Crippen molar-refractivity contribution in [2.24, 2.45) is 0 Å². The molecule has 0 aliphatic carbocycles. The lowest BCUT2D eigenvalue weighted by Gasteiger charge is -2.05. The Labute approximate surface area is 175 Å². The highest BCUT2D eigenvalue weighted by molar-refractivity contribution is 8.74. The van der Waals surface area contributed by atoms with Gasteiger partial charge in [0.2, 0.25) is 0 Å². The van der Waals surface area contributed by atoms with Crippen molar-refractivity contribution in [3.63, 3.8) is 0 Å². The van der Waals surface area contributed by atoms with Crippen LogP contribution in [0.15, 0.2) is 25.3 Å². The zero-order chi connectivity index (χ0) is 19.8. The minimum atomic E-state index is -0.402. The fourth-order valence-electron chi connectivity index (χ4n) is 2.68. The average Bonchev–Trinajstić information content (AvgIpc) is 2.68. The molecule has 0 aromatic heterocycles. The summed E-state index contributed by atoms with van der Waals surface area (Å²) in [6.45, 7) is 10.4. The summed E-state index contributed by atoms with van der Waals surface area (Å²) < 4.78 is 7.96. The van der Waals surface area contributed by atoms with Gasteiger partial charge in [-0.15, -0.1) is 6.58 Å². The van der Waals surface area contributed by atoms with Crippen LogP contribution in [0.2, 0.25) is 0 Å². The topological polar surface area (TPSA) is 50.4 Å². The average molecular weight is 417 g/mol. The molecule has 0 aliphatic heterocycles. The van der Waals surface area contributed by atoms with E-state index in [0.29, 0.717) is 0 Å². The summed E-state index contributed by atoms with van der Waals surface area (Å²) in [5, 5.41) is 3.53. The van der Waals surface area contributed by atoms with E-state index in [1.165, 1.54) is 101 Å². The van der Waals surface area contributed by atoms with E-state index in [4.69, 9.17) is 4.18 Å². The lowest BCUT2D eigenvalue weighted by Crippen LogP contribution is -2.16. The molecule has 0 saturated heterocycles. The number of allylic oxidation sites excluding steroid dienone is 1. The van der Waals surface area contributed by atoms with Gasteiger partial charge < -0.3 is 9.50 Å². The molecule has 0 radical (unpaired) electrons. The maximum Gasteiger partial charge on any atom is 0.343 e. The highest BCUT2D eigenvalue weighted by atomic mass is 33.1. The minimum Gasteiger partial charge on any atom is -0.375 e. The molecule has 6 heteroatoms. The van der Waals surface area contributed by atoms with Crippen molar-refractivity contribution in [1.29, 1.82) is 0 Å². The van der Waals surface area contributed by atoms with Crippen LogP contribution in [0.1, 0.15) is 83.5 Å². The van der Waals surface area contributed by atoms with Crippen molar-refractivity contribution in [1.82, 2.24) is 10.0 Å². The zero-order valence-corrected chi connectivity index (χ0v) is 18.6. The third-order valence-corrected chi connectivity index (χ3v) is 5.65. The van der Waals surface area contributed by atoms with E-state index < -0.39 is 5.97 Å². The summed E-state index contributed by atoms with van der Waals surface area (Å²) in [7, 11) is 1.35. The van der Waals surface area contributed by atoms with Gasteiger partial charge in [-0.3, -0.25) is 4.72 Å². The Bertz CT molecular complexity index is 355. The smallest absolute Gasteiger partial charge is 0.343 e. The molecule has 0 spiro atoms. The predicted octanol–water partition coefficient (Wildman–Crippen LogP) is 6.36. The molecule has 2 N–H and O–H groups in total. The largest absolute Gasteiger partial charge is 0.375 e. The maximum absolute atomic E-state index is 10.8. The first kappa shape index (κ1) is 26.6. The second kappa shape index (κ2) is 23.6. The number of carbonyl (C=O) groups excluding carboxylic acids is 1. The molecule has 0 bridgehead atoms. The number of nitrogens with one attached hydrogen (secondary N) is 2. The fraction of sp³-hybridized carbons (Fsp3) is 0.762. The van der Waals surface area contributed by atoms with Gasteiger partial charge in [-0.1, -0.05) is 64.0 Å². The van der Waals surface area contributed by atoms with Crippen LogP contribution in [0, 0.1) is 0 Å². The summed E-state index contributed by atoms with van der Waals surface area (Å²) in [5.74, 6) is -0.402. The number of rotatable bonds is 22. The Balaban J connectivity index is 3.02. The molecular formula is C21H40N2O2S2. The van der Waals surface area contributed by atoms with Crippen LogP contribution >= 0.6 is 22.1 Å². The monoisotopic (exact) mass is 416 g/mol. The Morgan fingerprint density at radius 3 is 1.85 bits per heavy atom. The Morgan fingerprint density at radius 2 is 1.30 bits per heavy atom. The summed E-state index contributed by atoms with van der Waals surface area (Å²) in [6.07, 6.45) is 20.2. The van der Waals surface area contributed by atoms with Gasteiger partial charge in [-0.25, -0.2) is 4.79 Å². The van der Waals surface area contributed by atoms with E-state index in [2.05, 4.69) is 23.2 Å². The molecule has 0 rings (SSSR count). The third-order valence-electron chi connectivity index (χ3n) is 4.27. The van der Waals surface area contributed by atoms with Crippen molar-refractivity contribution >= 4 is 28.0 Å². The molecule has 0 atom stereocenters. The van der Waals surface area contributed by atoms with Crippen LogP contribution in [0.4, 0.5) is 0 Å². The maximum atomic E-state index is 10.8. The van der Waals surface area contributed by atoms with Crippen molar-refractivity contribution in [2.75, 3.05) is 19.6 Å². The molecule has 0 unspecified atom stereocenters. The van der Waals surface area contributed by atoms with E-state index in [0.717, 1.165) is 30.6 Å². The van der Waals surface area contributed by atoms with Crippen LogP contribution in [-0.2, 0) is 8.98 Å². The Kier molecular flexibility index (Phi) is 23.2. The van der Waals surface area contributed by atoms with Crippen LogP contribution in [0.25, 0.3) is 0 Å². The lowest BCUT2D eigenvalue weighted by atomic mass is 10.1. The van der Waals surface area contributed by atoms with Gasteiger partial charge >= 0.3 is 5.97 Å². The van der Waals surface area contributed by atoms with Gasteiger partial charge in [-0.05, 0) is 45.2 Å². The molecule has 0 heterocycles. The summed E-state index contributed by atoms with van der Waals surface area (Å²) in [4.78, 5) is 10.8. The van der Waals surface area contributed by atoms with Crippen molar-refractivity contribution in [3.05, 3.63) is 25.3 Å². The van der Waals surface area contributed by atoms with Gasteiger partial charge in [0.05, 0.1) is 0 Å². The first-order valence-electron chi connectivity index (χ1n) is 10.5. The molecule has 27 heavy (non-hydrogen) atoms. The lowest BCUT2D eigenvalue weighted by molar-refractivity contribution is -0.127.